The minimum absolute atomic E-state index is 0.300. The number of hydrogen-bond acceptors (Lipinski definition) is 5. The number of carboxylic acid groups (broad SMARTS) is 1. The molecule has 2 aromatic carbocycles. The molecule has 0 heterocycles. The van der Waals surface area contributed by atoms with Crippen LogP contribution in [0.25, 0.3) is 0 Å². The summed E-state index contributed by atoms with van der Waals surface area (Å²) in [4.78, 5) is 36.6. The second kappa shape index (κ2) is 11.9. The molecular weight excluding hydrogens is 498 g/mol. The first-order valence-electron chi connectivity index (χ1n) is 10.4. The highest BCUT2D eigenvalue weighted by Crippen LogP contribution is 2.24. The summed E-state index contributed by atoms with van der Waals surface area (Å²) in [5.41, 5.74) is 9.87. The number of carboxylic acids is 1. The number of rotatable bonds is 11. The number of carbonyl (C=O) groups is 3. The van der Waals surface area contributed by atoms with Gasteiger partial charge < -0.3 is 27.2 Å². The maximum absolute atomic E-state index is 14.7. The van der Waals surface area contributed by atoms with E-state index in [2.05, 4.69) is 5.32 Å². The van der Waals surface area contributed by atoms with Crippen LogP contribution in [0.15, 0.2) is 30.3 Å². The van der Waals surface area contributed by atoms with Crippen LogP contribution in [0.3, 0.4) is 0 Å². The Kier molecular flexibility index (Phi) is 9.42. The lowest BCUT2D eigenvalue weighted by atomic mass is 10.0. The van der Waals surface area contributed by atoms with Crippen molar-refractivity contribution >= 4 is 17.8 Å². The van der Waals surface area contributed by atoms with Crippen molar-refractivity contribution in [3.05, 3.63) is 70.5 Å². The van der Waals surface area contributed by atoms with Crippen LogP contribution in [-0.2, 0) is 27.2 Å². The summed E-state index contributed by atoms with van der Waals surface area (Å²) in [6.45, 7) is -0.453. The number of nitrogens with two attached hydrogens (primary N) is 2. The molecule has 0 aliphatic rings. The van der Waals surface area contributed by atoms with Crippen molar-refractivity contribution in [2.45, 2.75) is 37.1 Å². The van der Waals surface area contributed by atoms with Gasteiger partial charge in [-0.3, -0.25) is 9.59 Å². The zero-order valence-electron chi connectivity index (χ0n) is 18.5. The Bertz CT molecular complexity index is 1110. The summed E-state index contributed by atoms with van der Waals surface area (Å²) in [6, 6.07) is 4.29. The van der Waals surface area contributed by atoms with E-state index < -0.39 is 89.7 Å². The van der Waals surface area contributed by atoms with Crippen molar-refractivity contribution in [3.8, 4) is 0 Å². The largest absolute Gasteiger partial charge is 0.477 e. The van der Waals surface area contributed by atoms with Crippen LogP contribution in [0.5, 0.6) is 0 Å². The van der Waals surface area contributed by atoms with Crippen LogP contribution in [0.1, 0.15) is 17.5 Å². The van der Waals surface area contributed by atoms with Crippen LogP contribution < -0.4 is 22.1 Å². The smallest absolute Gasteiger partial charge is 0.362 e. The Labute approximate surface area is 200 Å². The molecule has 0 saturated heterocycles. The number of benzene rings is 2. The Morgan fingerprint density at radius 2 is 1.42 bits per heavy atom. The highest BCUT2D eigenvalue weighted by atomic mass is 19.2. The van der Waals surface area contributed by atoms with E-state index in [9.17, 15) is 40.7 Å². The minimum Gasteiger partial charge on any atom is -0.477 e. The van der Waals surface area contributed by atoms with Crippen LogP contribution in [0.2, 0.25) is 0 Å². The number of nitrogens with one attached hydrogen (secondary N) is 2. The molecule has 2 aromatic rings. The fraction of sp³-hybridized carbons (Fsp3) is 0.318. The molecule has 0 bridgehead atoms. The van der Waals surface area contributed by atoms with Crippen molar-refractivity contribution in [1.29, 1.82) is 0 Å². The number of aliphatic carboxylic acids is 1. The summed E-state index contributed by atoms with van der Waals surface area (Å²) in [5, 5.41) is 12.9. The van der Waals surface area contributed by atoms with Gasteiger partial charge in [-0.05, 0) is 12.1 Å². The summed E-state index contributed by atoms with van der Waals surface area (Å²) < 4.78 is 82.8. The molecule has 0 saturated carbocycles. The van der Waals surface area contributed by atoms with Gasteiger partial charge in [-0.1, -0.05) is 30.3 Å². The zero-order chi connectivity index (χ0) is 27.2. The SMILES string of the molecule is NCC[C@](F)(NC(=O)[C@H](Cc1ccccc1)NC(=O)[C@@H](N)Cc1c(F)c(F)c(F)c(F)c1F)C(=O)O. The molecule has 0 aliphatic heterocycles. The molecule has 0 radical (unpaired) electrons. The van der Waals surface area contributed by atoms with E-state index in [0.717, 1.165) is 0 Å². The van der Waals surface area contributed by atoms with Crippen LogP contribution in [0, 0.1) is 29.1 Å². The van der Waals surface area contributed by atoms with E-state index >= 15 is 0 Å². The average Bonchev–Trinajstić information content (AvgIpc) is 2.84. The predicted octanol–water partition coefficient (Wildman–Crippen LogP) is 1.19. The standard InChI is InChI=1S/C22H22F6N4O4/c23-14-11(15(24)17(26)18(27)16(14)25)9-12(30)19(33)31-13(8-10-4-2-1-3-5-10)20(34)32-22(28,6-7-29)21(35)36/h1-5,12-13H,6-9,29-30H2,(H,31,33)(H,32,34)(H,35,36)/t12-,13-,22-/m0/s1. The number of hydrogen-bond donors (Lipinski definition) is 5. The van der Waals surface area contributed by atoms with Gasteiger partial charge in [0.2, 0.25) is 17.6 Å². The third-order valence-electron chi connectivity index (χ3n) is 5.13. The van der Waals surface area contributed by atoms with Gasteiger partial charge in [-0.25, -0.2) is 31.1 Å². The molecule has 8 nitrogen and oxygen atoms in total. The fourth-order valence-corrected chi connectivity index (χ4v) is 3.18. The van der Waals surface area contributed by atoms with E-state index in [1.807, 2.05) is 0 Å². The number of amides is 2. The van der Waals surface area contributed by atoms with Crippen molar-refractivity contribution in [1.82, 2.24) is 10.6 Å². The predicted molar refractivity (Wildman–Crippen MR) is 113 cm³/mol. The zero-order valence-corrected chi connectivity index (χ0v) is 18.5. The molecule has 3 atom stereocenters. The van der Waals surface area contributed by atoms with E-state index in [1.165, 1.54) is 12.1 Å². The lowest BCUT2D eigenvalue weighted by Crippen LogP contribution is -2.59. The Morgan fingerprint density at radius 1 is 0.889 bits per heavy atom. The second-order valence-electron chi connectivity index (χ2n) is 7.74. The van der Waals surface area contributed by atoms with Gasteiger partial charge in [0.25, 0.3) is 5.79 Å². The minimum atomic E-state index is -3.27. The molecule has 0 aromatic heterocycles. The van der Waals surface area contributed by atoms with Gasteiger partial charge in [0.15, 0.2) is 23.3 Å². The van der Waals surface area contributed by atoms with Crippen molar-refractivity contribution in [2.75, 3.05) is 6.54 Å². The molecule has 36 heavy (non-hydrogen) atoms. The number of halogens is 6. The van der Waals surface area contributed by atoms with Gasteiger partial charge in [0.1, 0.15) is 6.04 Å². The van der Waals surface area contributed by atoms with E-state index in [4.69, 9.17) is 16.6 Å². The van der Waals surface area contributed by atoms with Crippen molar-refractivity contribution in [2.24, 2.45) is 11.5 Å². The van der Waals surface area contributed by atoms with E-state index in [1.54, 1.807) is 23.5 Å². The lowest BCUT2D eigenvalue weighted by Gasteiger charge is -2.26. The molecular formula is C22H22F6N4O4. The molecule has 2 amide bonds. The Morgan fingerprint density at radius 3 is 1.92 bits per heavy atom. The molecule has 0 unspecified atom stereocenters. The summed E-state index contributed by atoms with van der Waals surface area (Å²) in [7, 11) is 0. The summed E-state index contributed by atoms with van der Waals surface area (Å²) in [5.74, 6) is -19.1. The van der Waals surface area contributed by atoms with Crippen LogP contribution in [-0.4, -0.2) is 47.3 Å². The Balaban J connectivity index is 2.29. The first kappa shape index (κ1) is 28.6. The molecule has 14 heteroatoms. The van der Waals surface area contributed by atoms with E-state index in [-0.39, 0.29) is 6.42 Å². The third-order valence-corrected chi connectivity index (χ3v) is 5.13. The second-order valence-corrected chi connectivity index (χ2v) is 7.74. The number of alkyl halides is 1. The molecule has 7 N–H and O–H groups in total. The highest BCUT2D eigenvalue weighted by Gasteiger charge is 2.41. The van der Waals surface area contributed by atoms with Crippen LogP contribution in [0.4, 0.5) is 26.3 Å². The van der Waals surface area contributed by atoms with Gasteiger partial charge >= 0.3 is 5.97 Å². The fourth-order valence-electron chi connectivity index (χ4n) is 3.18. The first-order valence-corrected chi connectivity index (χ1v) is 10.4. The third kappa shape index (κ3) is 6.51. The normalized spacial score (nSPS) is 14.4. The Hall–Kier alpha value is -3.65. The molecule has 2 rings (SSSR count). The summed E-state index contributed by atoms with van der Waals surface area (Å²) in [6.07, 6.45) is -2.25. The molecule has 0 spiro atoms. The maximum atomic E-state index is 14.7. The average molecular weight is 520 g/mol. The first-order chi connectivity index (χ1) is 16.8. The summed E-state index contributed by atoms with van der Waals surface area (Å²) >= 11 is 0. The topological polar surface area (TPSA) is 148 Å². The van der Waals surface area contributed by atoms with Crippen molar-refractivity contribution < 1.29 is 45.8 Å². The van der Waals surface area contributed by atoms with E-state index in [0.29, 0.717) is 5.56 Å². The molecule has 0 aliphatic carbocycles. The highest BCUT2D eigenvalue weighted by molar-refractivity contribution is 5.92. The lowest BCUT2D eigenvalue weighted by molar-refractivity contribution is -0.157. The van der Waals surface area contributed by atoms with Crippen LogP contribution >= 0.6 is 0 Å². The monoisotopic (exact) mass is 520 g/mol. The van der Waals surface area contributed by atoms with Gasteiger partial charge in [-0.15, -0.1) is 0 Å². The quantitative estimate of drug-likeness (QED) is 0.130. The van der Waals surface area contributed by atoms with Gasteiger partial charge in [-0.2, -0.15) is 0 Å². The van der Waals surface area contributed by atoms with Gasteiger partial charge in [0, 0.05) is 24.8 Å². The maximum Gasteiger partial charge on any atom is 0.362 e. The molecule has 0 fully saturated rings. The number of carbonyl (C=O) groups excluding carboxylic acids is 2. The molecule has 196 valence electrons. The van der Waals surface area contributed by atoms with Gasteiger partial charge in [0.05, 0.1) is 6.04 Å². The van der Waals surface area contributed by atoms with Crippen molar-refractivity contribution in [3.63, 3.8) is 0 Å².